The molecule has 3 aliphatic rings. The third kappa shape index (κ3) is 4.90. The van der Waals surface area contributed by atoms with Gasteiger partial charge in [-0.3, -0.25) is 0 Å². The van der Waals surface area contributed by atoms with Crippen LogP contribution in [0.5, 0.6) is 0 Å². The minimum atomic E-state index is 0.264. The van der Waals surface area contributed by atoms with Crippen molar-refractivity contribution in [3.05, 3.63) is 22.9 Å². The summed E-state index contributed by atoms with van der Waals surface area (Å²) in [6, 6.07) is 2.14. The van der Waals surface area contributed by atoms with Crippen molar-refractivity contribution in [3.63, 3.8) is 0 Å². The molecule has 3 saturated heterocycles. The van der Waals surface area contributed by atoms with Crippen LogP contribution >= 0.6 is 0 Å². The zero-order valence-corrected chi connectivity index (χ0v) is 16.0. The minimum Gasteiger partial charge on any atom is -0.363 e. The van der Waals surface area contributed by atoms with Gasteiger partial charge >= 0.3 is 5.70 Å². The Labute approximate surface area is 158 Å². The van der Waals surface area contributed by atoms with Gasteiger partial charge in [-0.1, -0.05) is 12.8 Å². The van der Waals surface area contributed by atoms with Gasteiger partial charge < -0.3 is 19.6 Å². The van der Waals surface area contributed by atoms with Crippen molar-refractivity contribution in [1.82, 2.24) is 19.6 Å². The van der Waals surface area contributed by atoms with E-state index in [9.17, 15) is 5.26 Å². The first kappa shape index (κ1) is 19.0. The van der Waals surface area contributed by atoms with Gasteiger partial charge in [-0.2, -0.15) is 0 Å². The molecule has 0 N–H and O–H groups in total. The number of piperidine rings is 2. The van der Waals surface area contributed by atoms with E-state index in [4.69, 9.17) is 6.57 Å². The smallest absolute Gasteiger partial charge is 0.300 e. The van der Waals surface area contributed by atoms with Gasteiger partial charge in [0.15, 0.2) is 0 Å². The van der Waals surface area contributed by atoms with Crippen LogP contribution in [0.4, 0.5) is 0 Å². The maximum atomic E-state index is 9.46. The van der Waals surface area contributed by atoms with E-state index in [1.165, 1.54) is 64.7 Å². The number of nitriles is 1. The highest BCUT2D eigenvalue weighted by Gasteiger charge is 2.29. The second-order valence-corrected chi connectivity index (χ2v) is 7.67. The first-order valence-corrected chi connectivity index (χ1v) is 10.3. The fourth-order valence-electron chi connectivity index (χ4n) is 4.40. The van der Waals surface area contributed by atoms with Crippen molar-refractivity contribution in [2.45, 2.75) is 38.5 Å². The second kappa shape index (κ2) is 9.80. The molecule has 0 aromatic heterocycles. The number of nitrogens with zero attached hydrogens (tertiary/aromatic N) is 6. The van der Waals surface area contributed by atoms with Crippen LogP contribution in [-0.4, -0.2) is 85.0 Å². The molecule has 0 radical (unpaired) electrons. The van der Waals surface area contributed by atoms with Crippen molar-refractivity contribution in [2.75, 3.05) is 65.4 Å². The van der Waals surface area contributed by atoms with Crippen LogP contribution < -0.4 is 0 Å². The third-order valence-electron chi connectivity index (χ3n) is 5.94. The molecule has 142 valence electrons. The quantitative estimate of drug-likeness (QED) is 0.539. The highest BCUT2D eigenvalue weighted by atomic mass is 15.4. The van der Waals surface area contributed by atoms with Crippen LogP contribution in [-0.2, 0) is 0 Å². The zero-order valence-electron chi connectivity index (χ0n) is 16.0. The number of hydrogen-bond acceptors (Lipinski definition) is 5. The van der Waals surface area contributed by atoms with Crippen molar-refractivity contribution in [2.24, 2.45) is 0 Å². The number of likely N-dealkylation sites (tertiary alicyclic amines) is 2. The summed E-state index contributed by atoms with van der Waals surface area (Å²) in [5.41, 5.74) is 0.264. The predicted octanol–water partition coefficient (Wildman–Crippen LogP) is 2.19. The molecular weight excluding hydrogens is 324 g/mol. The van der Waals surface area contributed by atoms with Gasteiger partial charge in [0, 0.05) is 39.3 Å². The van der Waals surface area contributed by atoms with Crippen molar-refractivity contribution < 1.29 is 0 Å². The summed E-state index contributed by atoms with van der Waals surface area (Å²) in [4.78, 5) is 13.2. The minimum absolute atomic E-state index is 0.264. The molecule has 0 spiro atoms. The molecule has 0 unspecified atom stereocenters. The summed E-state index contributed by atoms with van der Waals surface area (Å²) >= 11 is 0. The van der Waals surface area contributed by atoms with Gasteiger partial charge in [-0.25, -0.2) is 10.1 Å². The molecule has 6 heteroatoms. The largest absolute Gasteiger partial charge is 0.363 e. The monoisotopic (exact) mass is 356 g/mol. The summed E-state index contributed by atoms with van der Waals surface area (Å²) in [5, 5.41) is 9.46. The van der Waals surface area contributed by atoms with E-state index in [0.717, 1.165) is 45.1 Å². The van der Waals surface area contributed by atoms with E-state index in [-0.39, 0.29) is 5.70 Å². The highest BCUT2D eigenvalue weighted by molar-refractivity contribution is 5.33. The van der Waals surface area contributed by atoms with Crippen LogP contribution in [0.3, 0.4) is 0 Å². The topological polar surface area (TPSA) is 41.1 Å². The summed E-state index contributed by atoms with van der Waals surface area (Å²) in [6.45, 7) is 18.0. The van der Waals surface area contributed by atoms with Gasteiger partial charge in [-0.15, -0.1) is 0 Å². The first-order chi connectivity index (χ1) is 12.8. The van der Waals surface area contributed by atoms with Gasteiger partial charge in [0.05, 0.1) is 12.6 Å². The zero-order chi connectivity index (χ0) is 18.2. The molecule has 0 aromatic rings. The molecular formula is C20H32N6. The van der Waals surface area contributed by atoms with E-state index in [2.05, 4.69) is 30.5 Å². The number of allylic oxidation sites excluding steroid dienone is 1. The van der Waals surface area contributed by atoms with Crippen LogP contribution in [0.25, 0.3) is 4.85 Å². The van der Waals surface area contributed by atoms with Crippen molar-refractivity contribution in [1.29, 1.82) is 5.26 Å². The van der Waals surface area contributed by atoms with Crippen molar-refractivity contribution in [3.8, 4) is 6.07 Å². The summed E-state index contributed by atoms with van der Waals surface area (Å²) in [5.74, 6) is 0.886. The second-order valence-electron chi connectivity index (χ2n) is 7.67. The van der Waals surface area contributed by atoms with E-state index >= 15 is 0 Å². The molecule has 0 saturated carbocycles. The molecule has 26 heavy (non-hydrogen) atoms. The lowest BCUT2D eigenvalue weighted by atomic mass is 10.1. The summed E-state index contributed by atoms with van der Waals surface area (Å²) in [6.07, 6.45) is 7.91. The standard InChI is InChI=1S/C20H32N6/c1-22-19(18-21)20-25(14-12-23-8-4-2-5-9-23)16-17-26(20)15-13-24-10-6-3-7-11-24/h2-17H2. The number of rotatable bonds is 6. The van der Waals surface area contributed by atoms with E-state index in [0.29, 0.717) is 0 Å². The summed E-state index contributed by atoms with van der Waals surface area (Å²) < 4.78 is 0. The maximum absolute atomic E-state index is 9.46. The predicted molar refractivity (Wildman–Crippen MR) is 103 cm³/mol. The molecule has 0 amide bonds. The van der Waals surface area contributed by atoms with Gasteiger partial charge in [-0.05, 0) is 51.9 Å². The van der Waals surface area contributed by atoms with Crippen molar-refractivity contribution >= 4 is 0 Å². The Hall–Kier alpha value is -1.76. The average molecular weight is 357 g/mol. The Balaban J connectivity index is 1.59. The normalized spacial score (nSPS) is 22.3. The maximum Gasteiger partial charge on any atom is 0.300 e. The lowest BCUT2D eigenvalue weighted by Gasteiger charge is -2.32. The third-order valence-corrected chi connectivity index (χ3v) is 5.94. The molecule has 6 nitrogen and oxygen atoms in total. The van der Waals surface area contributed by atoms with Gasteiger partial charge in [0.25, 0.3) is 0 Å². The molecule has 0 bridgehead atoms. The highest BCUT2D eigenvalue weighted by Crippen LogP contribution is 2.23. The SMILES string of the molecule is [C-]#[N+]C(C#N)=C1N(CCN2CCCCC2)CCN1CCN1CCCCC1. The fraction of sp³-hybridized carbons (Fsp3) is 0.800. The van der Waals surface area contributed by atoms with E-state index in [1.807, 2.05) is 0 Å². The summed E-state index contributed by atoms with van der Waals surface area (Å²) in [7, 11) is 0. The molecule has 0 aliphatic carbocycles. The Morgan fingerprint density at radius 3 is 1.62 bits per heavy atom. The lowest BCUT2D eigenvalue weighted by molar-refractivity contribution is 0.192. The molecule has 3 heterocycles. The van der Waals surface area contributed by atoms with Crippen LogP contribution in [0.15, 0.2) is 11.5 Å². The lowest BCUT2D eigenvalue weighted by Crippen LogP contribution is -2.39. The van der Waals surface area contributed by atoms with E-state index < -0.39 is 0 Å². The van der Waals surface area contributed by atoms with Crippen LogP contribution in [0.2, 0.25) is 0 Å². The molecule has 3 aliphatic heterocycles. The van der Waals surface area contributed by atoms with Crippen LogP contribution in [0, 0.1) is 17.9 Å². The van der Waals surface area contributed by atoms with Gasteiger partial charge in [0.1, 0.15) is 5.82 Å². The Bertz CT molecular complexity index is 512. The Morgan fingerprint density at radius 1 is 0.769 bits per heavy atom. The Kier molecular flexibility index (Phi) is 7.17. The first-order valence-electron chi connectivity index (χ1n) is 10.3. The van der Waals surface area contributed by atoms with Crippen LogP contribution in [0.1, 0.15) is 38.5 Å². The number of hydrogen-bond donors (Lipinski definition) is 0. The van der Waals surface area contributed by atoms with Gasteiger partial charge in [0.2, 0.25) is 0 Å². The molecule has 3 rings (SSSR count). The molecule has 0 atom stereocenters. The Morgan fingerprint density at radius 2 is 1.23 bits per heavy atom. The molecule has 0 aromatic carbocycles. The average Bonchev–Trinajstić information content (AvgIpc) is 3.10. The molecule has 3 fully saturated rings. The fourth-order valence-corrected chi connectivity index (χ4v) is 4.40. The van der Waals surface area contributed by atoms with E-state index in [1.54, 1.807) is 0 Å².